The molecule has 224 valence electrons. The van der Waals surface area contributed by atoms with E-state index in [4.69, 9.17) is 0 Å². The molecule has 0 unspecified atom stereocenters. The summed E-state index contributed by atoms with van der Waals surface area (Å²) in [5.41, 5.74) is 3.03. The first-order valence-electron chi connectivity index (χ1n) is 15.1. The number of nitriles is 2. The summed E-state index contributed by atoms with van der Waals surface area (Å²) in [6.07, 6.45) is -2.69. The van der Waals surface area contributed by atoms with E-state index in [1.165, 1.54) is 22.9 Å². The fourth-order valence-electron chi connectivity index (χ4n) is 7.11. The molecular weight excluding hydrogens is 591 g/mol. The highest BCUT2D eigenvalue weighted by Gasteiger charge is 2.30. The zero-order valence-corrected chi connectivity index (χ0v) is 25.4. The van der Waals surface area contributed by atoms with Gasteiger partial charge < -0.3 is 4.90 Å². The molecule has 0 atom stereocenters. The van der Waals surface area contributed by atoms with Crippen molar-refractivity contribution in [3.63, 3.8) is 0 Å². The summed E-state index contributed by atoms with van der Waals surface area (Å²) in [6.45, 7) is 0. The number of allylic oxidation sites excluding steroid dienone is 3. The van der Waals surface area contributed by atoms with E-state index >= 15 is 0 Å². The first kappa shape index (κ1) is 28.4. The Balaban J connectivity index is 1.50. The van der Waals surface area contributed by atoms with Gasteiger partial charge in [-0.2, -0.15) is 23.7 Å². The molecule has 0 amide bonds. The number of nitrogens with zero attached hydrogens (tertiary/aromatic N) is 3. The predicted octanol–water partition coefficient (Wildman–Crippen LogP) is 10.9. The molecule has 8 aromatic rings. The van der Waals surface area contributed by atoms with Gasteiger partial charge in [0.1, 0.15) is 17.7 Å². The molecule has 0 aliphatic rings. The van der Waals surface area contributed by atoms with E-state index in [0.717, 1.165) is 66.5 Å². The molecule has 8 aromatic carbocycles. The SMILES string of the molecule is CN(C)c1ccc(C(=C(C#N)C#N)/C(=C/c2ccc(C(F)(F)F)cc2)c2cc3ccc4ccc5ccc6ccc2c2c6c5c4c32)cc1. The molecule has 0 spiro atoms. The summed E-state index contributed by atoms with van der Waals surface area (Å²) in [6, 6.07) is 35.8. The van der Waals surface area contributed by atoms with Crippen LogP contribution in [0.4, 0.5) is 18.9 Å². The van der Waals surface area contributed by atoms with Gasteiger partial charge >= 0.3 is 6.18 Å². The van der Waals surface area contributed by atoms with Gasteiger partial charge in [-0.25, -0.2) is 0 Å². The number of rotatable bonds is 5. The fourth-order valence-corrected chi connectivity index (χ4v) is 7.11. The van der Waals surface area contributed by atoms with Crippen LogP contribution in [-0.2, 0) is 6.18 Å². The third-order valence-electron chi connectivity index (χ3n) is 9.28. The minimum atomic E-state index is -4.48. The summed E-state index contributed by atoms with van der Waals surface area (Å²) in [7, 11) is 3.85. The Kier molecular flexibility index (Phi) is 6.16. The first-order valence-corrected chi connectivity index (χ1v) is 15.1. The molecule has 0 saturated carbocycles. The van der Waals surface area contributed by atoms with E-state index in [9.17, 15) is 23.7 Å². The molecule has 0 radical (unpaired) electrons. The minimum absolute atomic E-state index is 0.0919. The number of alkyl halides is 3. The van der Waals surface area contributed by atoms with E-state index in [2.05, 4.69) is 66.7 Å². The molecule has 0 fully saturated rings. The molecule has 0 saturated heterocycles. The highest BCUT2D eigenvalue weighted by molar-refractivity contribution is 6.45. The third-order valence-corrected chi connectivity index (χ3v) is 9.28. The highest BCUT2D eigenvalue weighted by atomic mass is 19.4. The molecule has 0 heterocycles. The Morgan fingerprint density at radius 2 is 1.15 bits per heavy atom. The summed E-state index contributed by atoms with van der Waals surface area (Å²) < 4.78 is 40.5. The smallest absolute Gasteiger partial charge is 0.378 e. The Morgan fingerprint density at radius 1 is 0.638 bits per heavy atom. The largest absolute Gasteiger partial charge is 0.416 e. The molecule has 0 aliphatic carbocycles. The van der Waals surface area contributed by atoms with Crippen LogP contribution in [0.25, 0.3) is 71.1 Å². The van der Waals surface area contributed by atoms with Crippen LogP contribution in [0.3, 0.4) is 0 Å². The third kappa shape index (κ3) is 4.26. The summed E-state index contributed by atoms with van der Waals surface area (Å²) in [4.78, 5) is 1.96. The topological polar surface area (TPSA) is 50.8 Å². The molecule has 6 heteroatoms. The zero-order chi connectivity index (χ0) is 32.6. The van der Waals surface area contributed by atoms with Crippen molar-refractivity contribution in [2.24, 2.45) is 0 Å². The van der Waals surface area contributed by atoms with Gasteiger partial charge in [0, 0.05) is 25.4 Å². The van der Waals surface area contributed by atoms with E-state index in [-0.39, 0.29) is 5.57 Å². The maximum Gasteiger partial charge on any atom is 0.416 e. The van der Waals surface area contributed by atoms with Crippen LogP contribution >= 0.6 is 0 Å². The normalized spacial score (nSPS) is 12.4. The Hall–Kier alpha value is -6.11. The van der Waals surface area contributed by atoms with Gasteiger partial charge in [-0.15, -0.1) is 0 Å². The maximum absolute atomic E-state index is 13.5. The number of anilines is 1. The molecule has 3 nitrogen and oxygen atoms in total. The van der Waals surface area contributed by atoms with Crippen LogP contribution < -0.4 is 4.90 Å². The van der Waals surface area contributed by atoms with Crippen molar-refractivity contribution in [2.75, 3.05) is 19.0 Å². The van der Waals surface area contributed by atoms with Crippen LogP contribution in [0.2, 0.25) is 0 Å². The van der Waals surface area contributed by atoms with Crippen molar-refractivity contribution in [2.45, 2.75) is 6.18 Å². The predicted molar refractivity (Wildman–Crippen MR) is 186 cm³/mol. The van der Waals surface area contributed by atoms with Crippen molar-refractivity contribution in [3.8, 4) is 12.1 Å². The van der Waals surface area contributed by atoms with Crippen LogP contribution in [0, 0.1) is 22.7 Å². The van der Waals surface area contributed by atoms with Crippen molar-refractivity contribution in [1.82, 2.24) is 0 Å². The lowest BCUT2D eigenvalue weighted by Gasteiger charge is -2.19. The van der Waals surface area contributed by atoms with Gasteiger partial charge in [0.2, 0.25) is 0 Å². The monoisotopic (exact) mass is 615 g/mol. The van der Waals surface area contributed by atoms with Crippen LogP contribution in [0.1, 0.15) is 22.3 Å². The number of benzene rings is 7. The number of hydrogen-bond acceptors (Lipinski definition) is 3. The Morgan fingerprint density at radius 3 is 1.68 bits per heavy atom. The molecule has 8 rings (SSSR count). The molecular formula is C41H24F3N3. The second-order valence-corrected chi connectivity index (χ2v) is 12.1. The van der Waals surface area contributed by atoms with Crippen molar-refractivity contribution in [1.29, 1.82) is 10.5 Å². The van der Waals surface area contributed by atoms with Gasteiger partial charge in [0.25, 0.3) is 0 Å². The van der Waals surface area contributed by atoms with Gasteiger partial charge in [0.05, 0.1) is 5.56 Å². The van der Waals surface area contributed by atoms with Gasteiger partial charge in [-0.05, 0) is 113 Å². The lowest BCUT2D eigenvalue weighted by Crippen LogP contribution is -2.08. The standard InChI is InChI=1S/C41H24F3N3/c1-47(2)31-16-11-24(12-17-31)35(29(21-45)22-46)34(19-23-3-14-30(15-4-23)41(42,43)44)33-20-28-10-9-26-6-5-25-7-8-27-13-18-32(33)40-38(27)36(25)37(26)39(28)40/h3-20H,1-2H3/b34-19+. The zero-order valence-electron chi connectivity index (χ0n) is 25.4. The van der Waals surface area contributed by atoms with E-state index in [0.29, 0.717) is 22.3 Å². The molecule has 0 aromatic heterocycles. The first-order chi connectivity index (χ1) is 22.7. The minimum Gasteiger partial charge on any atom is -0.378 e. The lowest BCUT2D eigenvalue weighted by molar-refractivity contribution is -0.137. The lowest BCUT2D eigenvalue weighted by atomic mass is 9.84. The van der Waals surface area contributed by atoms with E-state index in [1.54, 1.807) is 6.08 Å². The van der Waals surface area contributed by atoms with Gasteiger partial charge in [-0.1, -0.05) is 72.8 Å². The highest BCUT2D eigenvalue weighted by Crippen LogP contribution is 2.51. The van der Waals surface area contributed by atoms with Crippen LogP contribution in [-0.4, -0.2) is 14.1 Å². The quantitative estimate of drug-likeness (QED) is 0.0838. The second kappa shape index (κ2) is 10.2. The summed E-state index contributed by atoms with van der Waals surface area (Å²) in [5.74, 6) is 0. The average Bonchev–Trinajstić information content (AvgIpc) is 3.45. The molecule has 0 bridgehead atoms. The van der Waals surface area contributed by atoms with Crippen LogP contribution in [0.15, 0.2) is 109 Å². The van der Waals surface area contributed by atoms with E-state index < -0.39 is 11.7 Å². The fraction of sp³-hybridized carbons (Fsp3) is 0.0732. The van der Waals surface area contributed by atoms with Crippen molar-refractivity contribution < 1.29 is 13.2 Å². The van der Waals surface area contributed by atoms with Crippen LogP contribution in [0.5, 0.6) is 0 Å². The van der Waals surface area contributed by atoms with Gasteiger partial charge in [0.15, 0.2) is 0 Å². The Labute approximate surface area is 268 Å². The number of hydrogen-bond donors (Lipinski definition) is 0. The summed E-state index contributed by atoms with van der Waals surface area (Å²) in [5, 5.41) is 31.8. The average molecular weight is 616 g/mol. The second-order valence-electron chi connectivity index (χ2n) is 12.1. The van der Waals surface area contributed by atoms with E-state index in [1.807, 2.05) is 43.3 Å². The molecule has 0 aliphatic heterocycles. The molecule has 47 heavy (non-hydrogen) atoms. The van der Waals surface area contributed by atoms with Gasteiger partial charge in [-0.3, -0.25) is 0 Å². The number of halogens is 3. The maximum atomic E-state index is 13.5. The summed E-state index contributed by atoms with van der Waals surface area (Å²) >= 11 is 0. The van der Waals surface area contributed by atoms with Crippen molar-refractivity contribution >= 4 is 76.8 Å². The molecule has 0 N–H and O–H groups in total. The Bertz CT molecular complexity index is 2570. The van der Waals surface area contributed by atoms with Crippen molar-refractivity contribution in [3.05, 3.63) is 131 Å².